The smallest absolute Gasteiger partial charge is 0.326 e. The fraction of sp³-hybridized carbons (Fsp3) is 0.400. The number of likely N-dealkylation sites (tertiary alicyclic amines) is 1. The second-order valence-corrected chi connectivity index (χ2v) is 8.63. The van der Waals surface area contributed by atoms with Gasteiger partial charge in [0.2, 0.25) is 11.8 Å². The maximum atomic E-state index is 12.8. The van der Waals surface area contributed by atoms with E-state index in [1.54, 1.807) is 6.92 Å². The van der Waals surface area contributed by atoms with Crippen molar-refractivity contribution in [2.24, 2.45) is 5.92 Å². The number of rotatable bonds is 10. The number of benzene rings is 2. The van der Waals surface area contributed by atoms with Crippen LogP contribution < -0.4 is 10.1 Å². The topological polar surface area (TPSA) is 95.9 Å². The van der Waals surface area contributed by atoms with Crippen LogP contribution in [0.25, 0.3) is 0 Å². The molecule has 0 spiro atoms. The van der Waals surface area contributed by atoms with E-state index in [0.717, 1.165) is 16.9 Å². The van der Waals surface area contributed by atoms with Gasteiger partial charge in [0, 0.05) is 12.3 Å². The molecular weight excluding hydrogens is 440 g/mol. The fourth-order valence-corrected chi connectivity index (χ4v) is 4.21. The summed E-state index contributed by atoms with van der Waals surface area (Å²) >= 11 is 4.32. The van der Waals surface area contributed by atoms with Crippen LogP contribution in [0.5, 0.6) is 5.75 Å². The molecule has 2 aromatic rings. The lowest BCUT2D eigenvalue weighted by Gasteiger charge is -2.26. The molecule has 0 aromatic heterocycles. The van der Waals surface area contributed by atoms with Crippen molar-refractivity contribution in [1.82, 2.24) is 10.2 Å². The molecule has 2 N–H and O–H groups in total. The molecule has 2 amide bonds. The Morgan fingerprint density at radius 1 is 1.12 bits per heavy atom. The first kappa shape index (κ1) is 24.6. The van der Waals surface area contributed by atoms with Gasteiger partial charge in [0.05, 0.1) is 5.92 Å². The van der Waals surface area contributed by atoms with Crippen molar-refractivity contribution >= 4 is 30.4 Å². The van der Waals surface area contributed by atoms with Gasteiger partial charge < -0.3 is 20.1 Å². The summed E-state index contributed by atoms with van der Waals surface area (Å²) in [6.45, 7) is 2.46. The number of carboxylic acid groups (broad SMARTS) is 1. The van der Waals surface area contributed by atoms with Crippen LogP contribution in [0.3, 0.4) is 0 Å². The van der Waals surface area contributed by atoms with E-state index in [2.05, 4.69) is 17.9 Å². The number of thiol groups is 1. The van der Waals surface area contributed by atoms with Crippen molar-refractivity contribution in [2.75, 3.05) is 12.3 Å². The predicted molar refractivity (Wildman–Crippen MR) is 128 cm³/mol. The molecule has 2 aromatic carbocycles. The number of carboxylic acids is 1. The van der Waals surface area contributed by atoms with Gasteiger partial charge in [-0.05, 0) is 49.4 Å². The van der Waals surface area contributed by atoms with Gasteiger partial charge in [0.15, 0.2) is 0 Å². The zero-order valence-electron chi connectivity index (χ0n) is 18.6. The van der Waals surface area contributed by atoms with Gasteiger partial charge in [-0.1, -0.05) is 42.5 Å². The second kappa shape index (κ2) is 11.7. The standard InChI is InChI=1S/C25H30N2O5S/c1-17(24(29)27-13-5-8-22(27)25(30)31)26-23(28)20(16-33)14-18-9-11-21(12-10-18)32-15-19-6-3-2-4-7-19/h2-4,6-7,9-12,17,20,22,33H,5,8,13-16H2,1H3,(H,26,28)(H,30,31)/t17-,20+,22+/m0/s1. The minimum Gasteiger partial charge on any atom is -0.489 e. The summed E-state index contributed by atoms with van der Waals surface area (Å²) in [6.07, 6.45) is 1.55. The van der Waals surface area contributed by atoms with Crippen molar-refractivity contribution in [1.29, 1.82) is 0 Å². The Kier molecular flexibility index (Phi) is 8.77. The molecule has 1 aliphatic heterocycles. The Hall–Kier alpha value is -3.00. The number of nitrogens with zero attached hydrogens (tertiary/aromatic N) is 1. The monoisotopic (exact) mass is 470 g/mol. The minimum absolute atomic E-state index is 0.277. The van der Waals surface area contributed by atoms with Gasteiger partial charge >= 0.3 is 5.97 Å². The molecule has 1 saturated heterocycles. The highest BCUT2D eigenvalue weighted by Gasteiger charge is 2.36. The van der Waals surface area contributed by atoms with E-state index >= 15 is 0 Å². The zero-order chi connectivity index (χ0) is 23.8. The molecule has 0 bridgehead atoms. The molecular formula is C25H30N2O5S. The zero-order valence-corrected chi connectivity index (χ0v) is 19.5. The number of ether oxygens (including phenoxy) is 1. The highest BCUT2D eigenvalue weighted by atomic mass is 32.1. The van der Waals surface area contributed by atoms with E-state index in [4.69, 9.17) is 4.74 Å². The van der Waals surface area contributed by atoms with Crippen molar-refractivity contribution in [3.63, 3.8) is 0 Å². The largest absolute Gasteiger partial charge is 0.489 e. The average Bonchev–Trinajstić information content (AvgIpc) is 3.32. The van der Waals surface area contributed by atoms with Gasteiger partial charge in [0.25, 0.3) is 0 Å². The van der Waals surface area contributed by atoms with Gasteiger partial charge in [-0.15, -0.1) is 0 Å². The molecule has 0 saturated carbocycles. The molecule has 8 heteroatoms. The predicted octanol–water partition coefficient (Wildman–Crippen LogP) is 2.93. The SMILES string of the molecule is C[C@H](NC(=O)[C@@H](CS)Cc1ccc(OCc2ccccc2)cc1)C(=O)N1CCC[C@@H]1C(=O)O. The van der Waals surface area contributed by atoms with E-state index in [0.29, 0.717) is 38.2 Å². The van der Waals surface area contributed by atoms with Crippen LogP contribution in [0.2, 0.25) is 0 Å². The van der Waals surface area contributed by atoms with Crippen molar-refractivity contribution in [3.8, 4) is 5.75 Å². The first-order chi connectivity index (χ1) is 15.9. The van der Waals surface area contributed by atoms with Crippen molar-refractivity contribution < 1.29 is 24.2 Å². The molecule has 176 valence electrons. The minimum atomic E-state index is -1.01. The third-order valence-corrected chi connectivity index (χ3v) is 6.24. The first-order valence-electron chi connectivity index (χ1n) is 11.1. The van der Waals surface area contributed by atoms with Gasteiger partial charge in [-0.2, -0.15) is 12.6 Å². The van der Waals surface area contributed by atoms with E-state index < -0.39 is 24.0 Å². The van der Waals surface area contributed by atoms with Crippen LogP contribution in [-0.4, -0.2) is 52.2 Å². The maximum absolute atomic E-state index is 12.8. The Balaban J connectivity index is 1.52. The summed E-state index contributed by atoms with van der Waals surface area (Å²) in [5.74, 6) is -1.02. The van der Waals surface area contributed by atoms with Crippen LogP contribution >= 0.6 is 12.6 Å². The number of carbonyl (C=O) groups is 3. The van der Waals surface area contributed by atoms with Crippen LogP contribution in [0.1, 0.15) is 30.9 Å². The Labute approximate surface area is 199 Å². The van der Waals surface area contributed by atoms with Crippen LogP contribution in [0.4, 0.5) is 0 Å². The van der Waals surface area contributed by atoms with E-state index in [9.17, 15) is 19.5 Å². The van der Waals surface area contributed by atoms with Crippen molar-refractivity contribution in [3.05, 3.63) is 65.7 Å². The summed E-state index contributed by atoms with van der Waals surface area (Å²) in [6, 6.07) is 15.9. The van der Waals surface area contributed by atoms with E-state index in [1.165, 1.54) is 4.90 Å². The molecule has 1 heterocycles. The summed E-state index contributed by atoms with van der Waals surface area (Å²) in [7, 11) is 0. The maximum Gasteiger partial charge on any atom is 0.326 e. The molecule has 1 fully saturated rings. The summed E-state index contributed by atoms with van der Waals surface area (Å²) in [4.78, 5) is 38.2. The molecule has 0 radical (unpaired) electrons. The molecule has 3 atom stereocenters. The molecule has 0 aliphatic carbocycles. The van der Waals surface area contributed by atoms with Gasteiger partial charge in [0.1, 0.15) is 24.4 Å². The van der Waals surface area contributed by atoms with Crippen LogP contribution in [0, 0.1) is 5.92 Å². The number of amides is 2. The number of nitrogens with one attached hydrogen (secondary N) is 1. The number of aliphatic carboxylic acids is 1. The summed E-state index contributed by atoms with van der Waals surface area (Å²) < 4.78 is 5.80. The number of hydrogen-bond acceptors (Lipinski definition) is 5. The van der Waals surface area contributed by atoms with Crippen LogP contribution in [-0.2, 0) is 27.4 Å². The van der Waals surface area contributed by atoms with E-state index in [-0.39, 0.29) is 11.8 Å². The van der Waals surface area contributed by atoms with Gasteiger partial charge in [-0.3, -0.25) is 9.59 Å². The highest BCUT2D eigenvalue weighted by molar-refractivity contribution is 7.80. The Morgan fingerprint density at radius 3 is 2.45 bits per heavy atom. The number of carbonyl (C=O) groups excluding carboxylic acids is 2. The molecule has 7 nitrogen and oxygen atoms in total. The third kappa shape index (κ3) is 6.74. The summed E-state index contributed by atoms with van der Waals surface area (Å²) in [5, 5.41) is 12.0. The molecule has 3 rings (SSSR count). The molecule has 0 unspecified atom stereocenters. The second-order valence-electron chi connectivity index (χ2n) is 8.26. The average molecular weight is 471 g/mol. The Morgan fingerprint density at radius 2 is 1.82 bits per heavy atom. The highest BCUT2D eigenvalue weighted by Crippen LogP contribution is 2.20. The normalized spacial score (nSPS) is 17.3. The first-order valence-corrected chi connectivity index (χ1v) is 11.7. The fourth-order valence-electron chi connectivity index (χ4n) is 3.92. The van der Waals surface area contributed by atoms with Crippen LogP contribution in [0.15, 0.2) is 54.6 Å². The lowest BCUT2D eigenvalue weighted by atomic mass is 9.99. The lowest BCUT2D eigenvalue weighted by molar-refractivity contribution is -0.149. The molecule has 1 aliphatic rings. The van der Waals surface area contributed by atoms with Crippen molar-refractivity contribution in [2.45, 2.75) is 44.9 Å². The van der Waals surface area contributed by atoms with E-state index in [1.807, 2.05) is 54.6 Å². The number of hydrogen-bond donors (Lipinski definition) is 3. The lowest BCUT2D eigenvalue weighted by Crippen LogP contribution is -2.51. The quantitative estimate of drug-likeness (QED) is 0.464. The third-order valence-electron chi connectivity index (χ3n) is 5.80. The Bertz CT molecular complexity index is 951. The summed E-state index contributed by atoms with van der Waals surface area (Å²) in [5.41, 5.74) is 2.04. The molecule has 33 heavy (non-hydrogen) atoms. The van der Waals surface area contributed by atoms with Gasteiger partial charge in [-0.25, -0.2) is 4.79 Å².